The summed E-state index contributed by atoms with van der Waals surface area (Å²) in [6, 6.07) is 0. The minimum absolute atomic E-state index is 0.0915. The van der Waals surface area contributed by atoms with Gasteiger partial charge in [-0.3, -0.25) is 0 Å². The predicted octanol–water partition coefficient (Wildman–Crippen LogP) is 6.03. The van der Waals surface area contributed by atoms with Crippen LogP contribution in [0.1, 0.15) is 87.0 Å². The summed E-state index contributed by atoms with van der Waals surface area (Å²) in [5.74, 6) is -0.726. The highest BCUT2D eigenvalue weighted by Crippen LogP contribution is 2.73. The fraction of sp³-hybridized carbons (Fsp3) is 0.893. The molecule has 6 nitrogen and oxygen atoms in total. The van der Waals surface area contributed by atoms with Crippen LogP contribution in [0.3, 0.4) is 0 Å². The molecule has 232 valence electrons. The summed E-state index contributed by atoms with van der Waals surface area (Å²) in [5.41, 5.74) is -11.4. The first kappa shape index (κ1) is 33.1. The molecule has 4 bridgehead atoms. The van der Waals surface area contributed by atoms with E-state index in [0.717, 1.165) is 0 Å². The molecule has 40 heavy (non-hydrogen) atoms. The van der Waals surface area contributed by atoms with Gasteiger partial charge in [0.05, 0.1) is 24.4 Å². The second-order valence-corrected chi connectivity index (χ2v) is 14.1. The lowest BCUT2D eigenvalue weighted by molar-refractivity contribution is -0.324. The van der Waals surface area contributed by atoms with Crippen LogP contribution in [0.2, 0.25) is 0 Å². The van der Waals surface area contributed by atoms with Gasteiger partial charge in [0.1, 0.15) is 5.60 Å². The molecule has 0 saturated heterocycles. The van der Waals surface area contributed by atoms with E-state index in [4.69, 9.17) is 14.2 Å². The summed E-state index contributed by atoms with van der Waals surface area (Å²) in [7, 11) is 0. The zero-order chi connectivity index (χ0) is 31.0. The molecule has 4 saturated carbocycles. The highest BCUT2D eigenvalue weighted by Gasteiger charge is 2.72. The first-order valence-electron chi connectivity index (χ1n) is 13.4. The van der Waals surface area contributed by atoms with Crippen molar-refractivity contribution >= 4 is 5.97 Å². The van der Waals surface area contributed by atoms with Gasteiger partial charge in [-0.2, -0.15) is 26.3 Å². The molecule has 0 amide bonds. The Morgan fingerprint density at radius 2 is 1.15 bits per heavy atom. The van der Waals surface area contributed by atoms with Crippen LogP contribution in [0, 0.1) is 16.7 Å². The van der Waals surface area contributed by atoms with E-state index in [1.807, 2.05) is 0 Å². The fourth-order valence-electron chi connectivity index (χ4n) is 7.20. The Balaban J connectivity index is 2.03. The Bertz CT molecular complexity index is 954. The topological polar surface area (TPSA) is 85.2 Å². The average molecular weight is 589 g/mol. The van der Waals surface area contributed by atoms with E-state index < -0.39 is 70.4 Å². The molecule has 12 heteroatoms. The van der Waals surface area contributed by atoms with Gasteiger partial charge < -0.3 is 24.4 Å². The first-order chi connectivity index (χ1) is 17.6. The summed E-state index contributed by atoms with van der Waals surface area (Å²) < 4.78 is 98.3. The minimum Gasteiger partial charge on any atom is -0.456 e. The van der Waals surface area contributed by atoms with Crippen molar-refractivity contribution in [2.24, 2.45) is 16.7 Å². The first-order valence-corrected chi connectivity index (χ1v) is 13.4. The Hall–Kier alpha value is -1.37. The summed E-state index contributed by atoms with van der Waals surface area (Å²) in [5, 5.41) is 20.1. The lowest BCUT2D eigenvalue weighted by Crippen LogP contribution is -2.71. The molecule has 0 radical (unpaired) electrons. The van der Waals surface area contributed by atoms with Crippen molar-refractivity contribution in [3.05, 3.63) is 12.2 Å². The van der Waals surface area contributed by atoms with Gasteiger partial charge in [0.2, 0.25) is 0 Å². The van der Waals surface area contributed by atoms with Crippen molar-refractivity contribution in [2.75, 3.05) is 13.2 Å². The highest BCUT2D eigenvalue weighted by molar-refractivity contribution is 5.87. The zero-order valence-corrected chi connectivity index (χ0v) is 24.2. The second-order valence-electron chi connectivity index (χ2n) is 14.1. The average Bonchev–Trinajstić information content (AvgIpc) is 2.73. The standard InChI is InChI=1S/C28H42F6O6/c1-17(2)19(35)40-26-11-18-9-24(13-26,20(3,4)38-15-22(7,36)27(29,30)31)12-25(10-18,14-26)21(5,6)39-16-23(8,37)28(32,33)34/h18,36-37H,1,9-16H2,2-8H3. The number of hydrogen-bond donors (Lipinski definition) is 2. The smallest absolute Gasteiger partial charge is 0.419 e. The third-order valence-corrected chi connectivity index (χ3v) is 9.88. The second kappa shape index (κ2) is 9.57. The number of hydrogen-bond acceptors (Lipinski definition) is 6. The molecule has 4 aliphatic rings. The molecule has 0 aromatic carbocycles. The van der Waals surface area contributed by atoms with Crippen LogP contribution in [-0.2, 0) is 19.0 Å². The molecule has 4 fully saturated rings. The van der Waals surface area contributed by atoms with Gasteiger partial charge in [-0.25, -0.2) is 4.79 Å². The molecule has 4 unspecified atom stereocenters. The van der Waals surface area contributed by atoms with E-state index in [2.05, 4.69) is 6.58 Å². The van der Waals surface area contributed by atoms with E-state index in [0.29, 0.717) is 39.5 Å². The van der Waals surface area contributed by atoms with Gasteiger partial charge in [0.15, 0.2) is 11.2 Å². The number of esters is 1. The number of carbonyl (C=O) groups excluding carboxylic acids is 1. The van der Waals surface area contributed by atoms with E-state index >= 15 is 0 Å². The fourth-order valence-corrected chi connectivity index (χ4v) is 7.20. The van der Waals surface area contributed by atoms with Crippen LogP contribution >= 0.6 is 0 Å². The number of aliphatic hydroxyl groups is 2. The third-order valence-electron chi connectivity index (χ3n) is 9.88. The van der Waals surface area contributed by atoms with Gasteiger partial charge in [0, 0.05) is 16.4 Å². The van der Waals surface area contributed by atoms with Crippen molar-refractivity contribution in [1.29, 1.82) is 0 Å². The molecule has 0 aromatic heterocycles. The van der Waals surface area contributed by atoms with Crippen LogP contribution in [0.25, 0.3) is 0 Å². The maximum absolute atomic E-state index is 13.4. The van der Waals surface area contributed by atoms with Crippen molar-refractivity contribution < 1.29 is 55.6 Å². The largest absolute Gasteiger partial charge is 0.456 e. The zero-order valence-electron chi connectivity index (χ0n) is 24.2. The predicted molar refractivity (Wildman–Crippen MR) is 133 cm³/mol. The van der Waals surface area contributed by atoms with E-state index in [9.17, 15) is 41.4 Å². The van der Waals surface area contributed by atoms with Crippen molar-refractivity contribution in [3.63, 3.8) is 0 Å². The Kier molecular flexibility index (Phi) is 7.93. The lowest BCUT2D eigenvalue weighted by Gasteiger charge is -2.71. The molecular weight excluding hydrogens is 546 g/mol. The van der Waals surface area contributed by atoms with Crippen LogP contribution in [0.15, 0.2) is 12.2 Å². The number of rotatable bonds is 10. The van der Waals surface area contributed by atoms with E-state index in [-0.39, 0.29) is 24.3 Å². The maximum Gasteiger partial charge on any atom is 0.419 e. The lowest BCUT2D eigenvalue weighted by atomic mass is 9.37. The van der Waals surface area contributed by atoms with Gasteiger partial charge in [-0.15, -0.1) is 0 Å². The van der Waals surface area contributed by atoms with E-state index in [1.54, 1.807) is 27.7 Å². The summed E-state index contributed by atoms with van der Waals surface area (Å²) in [6.07, 6.45) is -7.52. The molecule has 0 aromatic rings. The quantitative estimate of drug-likeness (QED) is 0.184. The molecule has 0 spiro atoms. The minimum atomic E-state index is -4.94. The summed E-state index contributed by atoms with van der Waals surface area (Å²) >= 11 is 0. The van der Waals surface area contributed by atoms with Crippen molar-refractivity contribution in [3.8, 4) is 0 Å². The number of carbonyl (C=O) groups is 1. The molecule has 0 heterocycles. The van der Waals surface area contributed by atoms with Crippen LogP contribution in [-0.4, -0.2) is 69.8 Å². The number of alkyl halides is 6. The van der Waals surface area contributed by atoms with E-state index in [1.165, 1.54) is 6.92 Å². The highest BCUT2D eigenvalue weighted by atomic mass is 19.4. The number of halogens is 6. The Morgan fingerprint density at radius 1 is 0.775 bits per heavy atom. The van der Waals surface area contributed by atoms with Gasteiger partial charge in [0.25, 0.3) is 0 Å². The van der Waals surface area contributed by atoms with Crippen LogP contribution in [0.4, 0.5) is 26.3 Å². The van der Waals surface area contributed by atoms with Crippen molar-refractivity contribution in [1.82, 2.24) is 0 Å². The number of ether oxygens (including phenoxy) is 3. The SMILES string of the molecule is C=C(C)C(=O)OC12CC3CC(C(C)(C)OCC(C)(O)C(F)(F)F)(C1)CC(C(C)(C)OCC(C)(O)C(F)(F)F)(C3)C2. The third kappa shape index (κ3) is 5.66. The Labute approximate surface area is 231 Å². The molecular formula is C28H42F6O6. The summed E-state index contributed by atoms with van der Waals surface area (Å²) in [6.45, 7) is 10.9. The van der Waals surface area contributed by atoms with Gasteiger partial charge >= 0.3 is 18.3 Å². The molecule has 4 rings (SSSR count). The summed E-state index contributed by atoms with van der Waals surface area (Å²) in [4.78, 5) is 12.8. The normalized spacial score (nSPS) is 33.8. The van der Waals surface area contributed by atoms with Crippen LogP contribution in [0.5, 0.6) is 0 Å². The van der Waals surface area contributed by atoms with Crippen molar-refractivity contribution in [2.45, 2.75) is 127 Å². The molecule has 2 N–H and O–H groups in total. The monoisotopic (exact) mass is 588 g/mol. The molecule has 4 aliphatic carbocycles. The Morgan fingerprint density at radius 3 is 1.48 bits per heavy atom. The maximum atomic E-state index is 13.4. The molecule has 0 aliphatic heterocycles. The van der Waals surface area contributed by atoms with Gasteiger partial charge in [-0.1, -0.05) is 6.58 Å². The molecule has 4 atom stereocenters. The van der Waals surface area contributed by atoms with Gasteiger partial charge in [-0.05, 0) is 92.9 Å². The van der Waals surface area contributed by atoms with Crippen LogP contribution < -0.4 is 0 Å².